The summed E-state index contributed by atoms with van der Waals surface area (Å²) < 4.78 is 40.5. The highest BCUT2D eigenvalue weighted by molar-refractivity contribution is 5.29. The minimum absolute atomic E-state index is 0.160. The van der Waals surface area contributed by atoms with E-state index in [1.807, 2.05) is 0 Å². The molecule has 1 aromatic rings. The highest BCUT2D eigenvalue weighted by atomic mass is 19.4. The second-order valence-electron chi connectivity index (χ2n) is 3.54. The van der Waals surface area contributed by atoms with Crippen LogP contribution in [0.3, 0.4) is 0 Å². The van der Waals surface area contributed by atoms with Crippen molar-refractivity contribution in [3.05, 3.63) is 29.8 Å². The summed E-state index contributed by atoms with van der Waals surface area (Å²) in [6, 6.07) is 6.57. The van der Waals surface area contributed by atoms with Crippen LogP contribution < -0.4 is 10.1 Å². The van der Waals surface area contributed by atoms with Gasteiger partial charge in [-0.05, 0) is 17.7 Å². The lowest BCUT2D eigenvalue weighted by molar-refractivity contribution is -0.125. The highest BCUT2D eigenvalue weighted by Gasteiger charge is 2.26. The molecule has 0 saturated carbocycles. The summed E-state index contributed by atoms with van der Waals surface area (Å²) in [6.45, 7) is -1.28. The molecular formula is C11H14F3NO2. The highest BCUT2D eigenvalue weighted by Crippen LogP contribution is 2.19. The largest absolute Gasteiger partial charge is 0.497 e. The van der Waals surface area contributed by atoms with Gasteiger partial charge in [0, 0.05) is 6.54 Å². The Hall–Kier alpha value is -1.27. The van der Waals surface area contributed by atoms with Gasteiger partial charge in [-0.15, -0.1) is 0 Å². The Morgan fingerprint density at radius 2 is 2.12 bits per heavy atom. The van der Waals surface area contributed by atoms with Crippen LogP contribution in [0.25, 0.3) is 0 Å². The van der Waals surface area contributed by atoms with Gasteiger partial charge >= 0.3 is 6.18 Å². The zero-order valence-electron chi connectivity index (χ0n) is 9.29. The van der Waals surface area contributed by atoms with Gasteiger partial charge in [0.15, 0.2) is 0 Å². The molecule has 0 aliphatic rings. The van der Waals surface area contributed by atoms with Gasteiger partial charge in [-0.1, -0.05) is 12.1 Å². The van der Waals surface area contributed by atoms with Crippen LogP contribution in [0.4, 0.5) is 13.2 Å². The molecule has 1 aromatic carbocycles. The van der Waals surface area contributed by atoms with Crippen molar-refractivity contribution >= 4 is 0 Å². The topological polar surface area (TPSA) is 41.5 Å². The van der Waals surface area contributed by atoms with Crippen molar-refractivity contribution in [1.29, 1.82) is 0 Å². The molecule has 0 saturated heterocycles. The third kappa shape index (κ3) is 5.06. The van der Waals surface area contributed by atoms with E-state index in [1.54, 1.807) is 24.3 Å². The Kier molecular flexibility index (Phi) is 4.77. The first kappa shape index (κ1) is 13.8. The summed E-state index contributed by atoms with van der Waals surface area (Å²) in [4.78, 5) is 0. The molecule has 0 fully saturated rings. The summed E-state index contributed by atoms with van der Waals surface area (Å²) in [5, 5.41) is 11.8. The summed E-state index contributed by atoms with van der Waals surface area (Å²) in [5.74, 6) is 0.553. The normalized spacial score (nSPS) is 13.5. The van der Waals surface area contributed by atoms with Gasteiger partial charge < -0.3 is 15.2 Å². The molecule has 1 atom stereocenters. The number of hydrogen-bond acceptors (Lipinski definition) is 3. The number of hydrogen-bond donors (Lipinski definition) is 2. The first-order chi connectivity index (χ1) is 7.92. The maximum absolute atomic E-state index is 11.9. The van der Waals surface area contributed by atoms with Crippen LogP contribution in [-0.4, -0.2) is 31.5 Å². The molecule has 96 valence electrons. The number of alkyl halides is 3. The summed E-state index contributed by atoms with van der Waals surface area (Å²) in [6.07, 6.45) is -5.26. The molecule has 0 amide bonds. The first-order valence-corrected chi connectivity index (χ1v) is 5.02. The third-order valence-corrected chi connectivity index (χ3v) is 2.14. The van der Waals surface area contributed by atoms with Crippen molar-refractivity contribution < 1.29 is 23.0 Å². The van der Waals surface area contributed by atoms with Gasteiger partial charge in [-0.3, -0.25) is 0 Å². The lowest BCUT2D eigenvalue weighted by Gasteiger charge is -2.14. The zero-order valence-corrected chi connectivity index (χ0v) is 9.29. The SMILES string of the molecule is COc1cccc(C(O)CNCC(F)(F)F)c1. The second kappa shape index (κ2) is 5.88. The third-order valence-electron chi connectivity index (χ3n) is 2.14. The van der Waals surface area contributed by atoms with E-state index in [0.717, 1.165) is 0 Å². The molecule has 0 heterocycles. The smallest absolute Gasteiger partial charge is 0.401 e. The van der Waals surface area contributed by atoms with Crippen LogP contribution in [0.2, 0.25) is 0 Å². The average molecular weight is 249 g/mol. The Balaban J connectivity index is 2.49. The van der Waals surface area contributed by atoms with E-state index in [9.17, 15) is 18.3 Å². The Morgan fingerprint density at radius 1 is 1.41 bits per heavy atom. The van der Waals surface area contributed by atoms with Gasteiger partial charge in [0.2, 0.25) is 0 Å². The predicted octanol–water partition coefficient (Wildman–Crippen LogP) is 1.88. The van der Waals surface area contributed by atoms with Crippen molar-refractivity contribution in [2.24, 2.45) is 0 Å². The lowest BCUT2D eigenvalue weighted by atomic mass is 10.1. The molecule has 0 aliphatic carbocycles. The van der Waals surface area contributed by atoms with Gasteiger partial charge in [-0.2, -0.15) is 13.2 Å². The lowest BCUT2D eigenvalue weighted by Crippen LogP contribution is -2.31. The number of aliphatic hydroxyl groups is 1. The van der Waals surface area contributed by atoms with Crippen LogP contribution in [0.15, 0.2) is 24.3 Å². The number of ether oxygens (including phenoxy) is 1. The van der Waals surface area contributed by atoms with E-state index in [2.05, 4.69) is 5.32 Å². The number of rotatable bonds is 5. The van der Waals surface area contributed by atoms with E-state index >= 15 is 0 Å². The molecule has 0 aliphatic heterocycles. The Bertz CT molecular complexity index is 355. The monoisotopic (exact) mass is 249 g/mol. The van der Waals surface area contributed by atoms with Crippen LogP contribution in [0.1, 0.15) is 11.7 Å². The van der Waals surface area contributed by atoms with Crippen molar-refractivity contribution in [3.63, 3.8) is 0 Å². The zero-order chi connectivity index (χ0) is 12.9. The van der Waals surface area contributed by atoms with E-state index < -0.39 is 18.8 Å². The summed E-state index contributed by atoms with van der Waals surface area (Å²) >= 11 is 0. The van der Waals surface area contributed by atoms with E-state index in [-0.39, 0.29) is 6.54 Å². The van der Waals surface area contributed by atoms with E-state index in [1.165, 1.54) is 7.11 Å². The van der Waals surface area contributed by atoms with Crippen LogP contribution in [-0.2, 0) is 0 Å². The van der Waals surface area contributed by atoms with Gasteiger partial charge in [0.25, 0.3) is 0 Å². The minimum Gasteiger partial charge on any atom is -0.497 e. The molecule has 6 heteroatoms. The fourth-order valence-electron chi connectivity index (χ4n) is 1.32. The minimum atomic E-state index is -4.27. The maximum Gasteiger partial charge on any atom is 0.401 e. The van der Waals surface area contributed by atoms with Gasteiger partial charge in [0.05, 0.1) is 19.8 Å². The molecule has 17 heavy (non-hydrogen) atoms. The van der Waals surface area contributed by atoms with Crippen molar-refractivity contribution in [2.75, 3.05) is 20.2 Å². The quantitative estimate of drug-likeness (QED) is 0.837. The molecule has 0 spiro atoms. The van der Waals surface area contributed by atoms with Crippen LogP contribution in [0.5, 0.6) is 5.75 Å². The standard InChI is InChI=1S/C11H14F3NO2/c1-17-9-4-2-3-8(5-9)10(16)6-15-7-11(12,13)14/h2-5,10,15-16H,6-7H2,1H3. The van der Waals surface area contributed by atoms with E-state index in [0.29, 0.717) is 11.3 Å². The maximum atomic E-state index is 11.9. The van der Waals surface area contributed by atoms with Gasteiger partial charge in [-0.25, -0.2) is 0 Å². The number of methoxy groups -OCH3 is 1. The second-order valence-corrected chi connectivity index (χ2v) is 3.54. The van der Waals surface area contributed by atoms with Gasteiger partial charge in [0.1, 0.15) is 5.75 Å². The van der Waals surface area contributed by atoms with Crippen molar-refractivity contribution in [2.45, 2.75) is 12.3 Å². The predicted molar refractivity (Wildman–Crippen MR) is 56.9 cm³/mol. The molecule has 0 aromatic heterocycles. The van der Waals surface area contributed by atoms with E-state index in [4.69, 9.17) is 4.74 Å². The Labute approximate surface area is 97.2 Å². The molecule has 0 bridgehead atoms. The number of benzene rings is 1. The number of nitrogens with one attached hydrogen (secondary N) is 1. The van der Waals surface area contributed by atoms with Crippen LogP contribution >= 0.6 is 0 Å². The average Bonchev–Trinajstić information content (AvgIpc) is 2.27. The molecule has 0 radical (unpaired) electrons. The van der Waals surface area contributed by atoms with Crippen molar-refractivity contribution in [3.8, 4) is 5.75 Å². The fourth-order valence-corrected chi connectivity index (χ4v) is 1.32. The van der Waals surface area contributed by atoms with Crippen LogP contribution in [0, 0.1) is 0 Å². The Morgan fingerprint density at radius 3 is 2.71 bits per heavy atom. The number of aliphatic hydroxyl groups excluding tert-OH is 1. The number of halogens is 3. The molecule has 3 nitrogen and oxygen atoms in total. The summed E-state index contributed by atoms with van der Waals surface area (Å²) in [7, 11) is 1.48. The fraction of sp³-hybridized carbons (Fsp3) is 0.455. The molecule has 1 rings (SSSR count). The summed E-state index contributed by atoms with van der Waals surface area (Å²) in [5.41, 5.74) is 0.513. The first-order valence-electron chi connectivity index (χ1n) is 5.02. The molecule has 1 unspecified atom stereocenters. The molecular weight excluding hydrogens is 235 g/mol. The molecule has 2 N–H and O–H groups in total. The van der Waals surface area contributed by atoms with Crippen molar-refractivity contribution in [1.82, 2.24) is 5.32 Å².